The third-order valence-electron chi connectivity index (χ3n) is 4.26. The minimum atomic E-state index is -0.161. The van der Waals surface area contributed by atoms with E-state index in [1.54, 1.807) is 19.4 Å². The first-order valence-corrected chi connectivity index (χ1v) is 8.17. The number of hydrogen-bond acceptors (Lipinski definition) is 4. The predicted octanol–water partition coefficient (Wildman–Crippen LogP) is 2.61. The van der Waals surface area contributed by atoms with Gasteiger partial charge in [-0.1, -0.05) is 6.07 Å². The van der Waals surface area contributed by atoms with E-state index in [2.05, 4.69) is 21.6 Å². The molecule has 0 spiro atoms. The number of methoxy groups -OCH3 is 1. The van der Waals surface area contributed by atoms with E-state index >= 15 is 0 Å². The van der Waals surface area contributed by atoms with Crippen LogP contribution in [0.25, 0.3) is 0 Å². The van der Waals surface area contributed by atoms with Crippen LogP contribution in [0.3, 0.4) is 0 Å². The summed E-state index contributed by atoms with van der Waals surface area (Å²) in [7, 11) is 1.68. The fraction of sp³-hybridized carbons (Fsp3) is 0.389. The first-order chi connectivity index (χ1) is 11.7. The van der Waals surface area contributed by atoms with Crippen molar-refractivity contribution < 1.29 is 13.9 Å². The minimum Gasteiger partial charge on any atom is -0.497 e. The molecule has 0 radical (unpaired) electrons. The molecule has 1 saturated heterocycles. The maximum atomic E-state index is 11.8. The van der Waals surface area contributed by atoms with Gasteiger partial charge in [-0.25, -0.2) is 4.79 Å². The number of ether oxygens (including phenoxy) is 1. The monoisotopic (exact) mass is 329 g/mol. The zero-order chi connectivity index (χ0) is 16.8. The molecule has 1 aliphatic rings. The number of amides is 2. The molecule has 1 aromatic carbocycles. The van der Waals surface area contributed by atoms with Gasteiger partial charge >= 0.3 is 6.03 Å². The fourth-order valence-corrected chi connectivity index (χ4v) is 2.92. The van der Waals surface area contributed by atoms with Gasteiger partial charge in [-0.05, 0) is 36.6 Å². The van der Waals surface area contributed by atoms with Crippen LogP contribution in [0, 0.1) is 5.92 Å². The lowest BCUT2D eigenvalue weighted by Gasteiger charge is -2.19. The quantitative estimate of drug-likeness (QED) is 0.855. The van der Waals surface area contributed by atoms with E-state index in [-0.39, 0.29) is 6.03 Å². The molecular weight excluding hydrogens is 306 g/mol. The zero-order valence-electron chi connectivity index (χ0n) is 13.8. The van der Waals surface area contributed by atoms with Crippen LogP contribution in [-0.4, -0.2) is 32.8 Å². The average Bonchev–Trinajstić information content (AvgIpc) is 3.30. The van der Waals surface area contributed by atoms with Gasteiger partial charge in [-0.15, -0.1) is 0 Å². The molecule has 0 aliphatic carbocycles. The normalized spacial score (nSPS) is 16.9. The van der Waals surface area contributed by atoms with Gasteiger partial charge in [0.2, 0.25) is 0 Å². The Kier molecular flexibility index (Phi) is 5.25. The number of hydrogen-bond donors (Lipinski definition) is 2. The van der Waals surface area contributed by atoms with Crippen LogP contribution in [0.5, 0.6) is 5.75 Å². The highest BCUT2D eigenvalue weighted by molar-refractivity contribution is 5.73. The van der Waals surface area contributed by atoms with Crippen LogP contribution in [0.15, 0.2) is 47.1 Å². The van der Waals surface area contributed by atoms with E-state index in [1.165, 1.54) is 5.69 Å². The standard InChI is InChI=1S/C18H23N3O3/c1-23-16-5-2-4-15(10-16)21-8-7-14(13-21)11-19-18(22)20-12-17-6-3-9-24-17/h2-6,9-10,14H,7-8,11-13H2,1H3,(H2,19,20,22)/t14-/m1/s1. The van der Waals surface area contributed by atoms with E-state index < -0.39 is 0 Å². The van der Waals surface area contributed by atoms with Crippen molar-refractivity contribution in [2.75, 3.05) is 31.6 Å². The Morgan fingerprint density at radius 1 is 1.33 bits per heavy atom. The van der Waals surface area contributed by atoms with Gasteiger partial charge in [-0.2, -0.15) is 0 Å². The van der Waals surface area contributed by atoms with Crippen LogP contribution in [0.4, 0.5) is 10.5 Å². The van der Waals surface area contributed by atoms with Gasteiger partial charge in [0.1, 0.15) is 11.5 Å². The number of anilines is 1. The van der Waals surface area contributed by atoms with Crippen molar-refractivity contribution in [3.8, 4) is 5.75 Å². The maximum Gasteiger partial charge on any atom is 0.315 e. The minimum absolute atomic E-state index is 0.161. The molecule has 6 nitrogen and oxygen atoms in total. The molecule has 1 fully saturated rings. The van der Waals surface area contributed by atoms with Gasteiger partial charge < -0.3 is 24.7 Å². The first-order valence-electron chi connectivity index (χ1n) is 8.17. The van der Waals surface area contributed by atoms with E-state index in [0.717, 1.165) is 31.0 Å². The summed E-state index contributed by atoms with van der Waals surface area (Å²) in [5.41, 5.74) is 1.17. The molecule has 3 rings (SSSR count). The van der Waals surface area contributed by atoms with Crippen LogP contribution in [0.2, 0.25) is 0 Å². The molecule has 1 aromatic heterocycles. The van der Waals surface area contributed by atoms with Crippen LogP contribution in [0.1, 0.15) is 12.2 Å². The lowest BCUT2D eigenvalue weighted by atomic mass is 10.1. The Bertz CT molecular complexity index is 657. The largest absolute Gasteiger partial charge is 0.497 e. The summed E-state index contributed by atoms with van der Waals surface area (Å²) < 4.78 is 10.5. The number of rotatable bonds is 6. The van der Waals surface area contributed by atoms with E-state index in [1.807, 2.05) is 24.3 Å². The maximum absolute atomic E-state index is 11.8. The smallest absolute Gasteiger partial charge is 0.315 e. The predicted molar refractivity (Wildman–Crippen MR) is 92.3 cm³/mol. The van der Waals surface area contributed by atoms with Crippen molar-refractivity contribution in [2.24, 2.45) is 5.92 Å². The number of carbonyl (C=O) groups excluding carboxylic acids is 1. The molecule has 128 valence electrons. The topological polar surface area (TPSA) is 66.7 Å². The van der Waals surface area contributed by atoms with E-state index in [4.69, 9.17) is 9.15 Å². The number of urea groups is 1. The molecule has 2 amide bonds. The Morgan fingerprint density at radius 3 is 3.04 bits per heavy atom. The molecule has 24 heavy (non-hydrogen) atoms. The highest BCUT2D eigenvalue weighted by Gasteiger charge is 2.23. The highest BCUT2D eigenvalue weighted by Crippen LogP contribution is 2.26. The second kappa shape index (κ2) is 7.77. The van der Waals surface area contributed by atoms with Crippen molar-refractivity contribution in [1.29, 1.82) is 0 Å². The SMILES string of the molecule is COc1cccc(N2CC[C@H](CNC(=O)NCc3ccco3)C2)c1. The highest BCUT2D eigenvalue weighted by atomic mass is 16.5. The van der Waals surface area contributed by atoms with Crippen molar-refractivity contribution in [3.05, 3.63) is 48.4 Å². The van der Waals surface area contributed by atoms with Crippen molar-refractivity contribution in [3.63, 3.8) is 0 Å². The van der Waals surface area contributed by atoms with Crippen molar-refractivity contribution in [1.82, 2.24) is 10.6 Å². The summed E-state index contributed by atoms with van der Waals surface area (Å²) in [6.07, 6.45) is 2.66. The van der Waals surface area contributed by atoms with Crippen LogP contribution >= 0.6 is 0 Å². The summed E-state index contributed by atoms with van der Waals surface area (Å²) in [4.78, 5) is 14.2. The Morgan fingerprint density at radius 2 is 2.25 bits per heavy atom. The van der Waals surface area contributed by atoms with Crippen molar-refractivity contribution in [2.45, 2.75) is 13.0 Å². The van der Waals surface area contributed by atoms with Gasteiger partial charge in [-0.3, -0.25) is 0 Å². The number of nitrogens with one attached hydrogen (secondary N) is 2. The molecule has 2 aromatic rings. The number of nitrogens with zero attached hydrogens (tertiary/aromatic N) is 1. The number of benzene rings is 1. The first kappa shape index (κ1) is 16.2. The summed E-state index contributed by atoms with van der Waals surface area (Å²) in [5, 5.41) is 5.73. The lowest BCUT2D eigenvalue weighted by Crippen LogP contribution is -2.38. The molecule has 1 aliphatic heterocycles. The van der Waals surface area contributed by atoms with E-state index in [0.29, 0.717) is 19.0 Å². The number of furan rings is 1. The molecular formula is C18H23N3O3. The third kappa shape index (κ3) is 4.22. The van der Waals surface area contributed by atoms with E-state index in [9.17, 15) is 4.79 Å². The third-order valence-corrected chi connectivity index (χ3v) is 4.26. The van der Waals surface area contributed by atoms with Crippen LogP contribution < -0.4 is 20.3 Å². The zero-order valence-corrected chi connectivity index (χ0v) is 13.8. The molecule has 6 heteroatoms. The van der Waals surface area contributed by atoms with Gasteiger partial charge in [0.25, 0.3) is 0 Å². The second-order valence-electron chi connectivity index (χ2n) is 5.95. The fourth-order valence-electron chi connectivity index (χ4n) is 2.92. The molecule has 0 unspecified atom stereocenters. The average molecular weight is 329 g/mol. The summed E-state index contributed by atoms with van der Waals surface area (Å²) in [6.45, 7) is 3.00. The Hall–Kier alpha value is -2.63. The molecule has 2 heterocycles. The number of carbonyl (C=O) groups is 1. The summed E-state index contributed by atoms with van der Waals surface area (Å²) in [6, 6.07) is 11.6. The van der Waals surface area contributed by atoms with Gasteiger partial charge in [0.15, 0.2) is 0 Å². The van der Waals surface area contributed by atoms with Gasteiger partial charge in [0, 0.05) is 31.4 Å². The van der Waals surface area contributed by atoms with Crippen LogP contribution in [-0.2, 0) is 6.54 Å². The molecule has 0 bridgehead atoms. The van der Waals surface area contributed by atoms with Gasteiger partial charge in [0.05, 0.1) is 19.9 Å². The lowest BCUT2D eigenvalue weighted by molar-refractivity contribution is 0.238. The molecule has 1 atom stereocenters. The molecule has 0 saturated carbocycles. The second-order valence-corrected chi connectivity index (χ2v) is 5.95. The molecule has 2 N–H and O–H groups in total. The summed E-state index contributed by atoms with van der Waals surface area (Å²) >= 11 is 0. The Labute approximate surface area is 141 Å². The Balaban J connectivity index is 1.41. The van der Waals surface area contributed by atoms with Crippen molar-refractivity contribution >= 4 is 11.7 Å². The summed E-state index contributed by atoms with van der Waals surface area (Å²) in [5.74, 6) is 2.06.